The number of aliphatic carboxylic acids is 1. The van der Waals surface area contributed by atoms with Crippen molar-refractivity contribution in [3.63, 3.8) is 0 Å². The van der Waals surface area contributed by atoms with Gasteiger partial charge in [0.1, 0.15) is 6.04 Å². The maximum atomic E-state index is 11.8. The summed E-state index contributed by atoms with van der Waals surface area (Å²) in [5.41, 5.74) is 0.856. The molecule has 0 aliphatic rings. The summed E-state index contributed by atoms with van der Waals surface area (Å²) in [7, 11) is 0. The lowest BCUT2D eigenvalue weighted by molar-refractivity contribution is -0.139. The summed E-state index contributed by atoms with van der Waals surface area (Å²) in [6.45, 7) is 1.36. The van der Waals surface area contributed by atoms with Crippen LogP contribution in [0.4, 0.5) is 0 Å². The van der Waals surface area contributed by atoms with Gasteiger partial charge in [-0.25, -0.2) is 4.79 Å². The van der Waals surface area contributed by atoms with E-state index in [0.717, 1.165) is 0 Å². The lowest BCUT2D eigenvalue weighted by Gasteiger charge is -2.13. The summed E-state index contributed by atoms with van der Waals surface area (Å²) < 4.78 is 0. The van der Waals surface area contributed by atoms with Crippen LogP contribution >= 0.6 is 0 Å². The molecule has 1 aromatic heterocycles. The molecular formula is C11H14N2O4. The zero-order valence-corrected chi connectivity index (χ0v) is 9.38. The van der Waals surface area contributed by atoms with Crippen molar-refractivity contribution in [3.05, 3.63) is 29.6 Å². The zero-order valence-electron chi connectivity index (χ0n) is 9.38. The topological polar surface area (TPSA) is 99.5 Å². The molecule has 1 rings (SSSR count). The number of aliphatic hydroxyl groups is 1. The van der Waals surface area contributed by atoms with Gasteiger partial charge in [-0.1, -0.05) is 0 Å². The average molecular weight is 238 g/mol. The van der Waals surface area contributed by atoms with Crippen LogP contribution in [-0.4, -0.2) is 39.7 Å². The number of hydrogen-bond donors (Lipinski definition) is 3. The first-order valence-electron chi connectivity index (χ1n) is 5.12. The van der Waals surface area contributed by atoms with Crippen LogP contribution in [0, 0.1) is 6.92 Å². The van der Waals surface area contributed by atoms with Gasteiger partial charge in [0.15, 0.2) is 0 Å². The Bertz CT molecular complexity index is 420. The van der Waals surface area contributed by atoms with E-state index in [4.69, 9.17) is 10.2 Å². The van der Waals surface area contributed by atoms with Crippen LogP contribution in [0.3, 0.4) is 0 Å². The maximum Gasteiger partial charge on any atom is 0.326 e. The Kier molecular flexibility index (Phi) is 4.59. The Morgan fingerprint density at radius 2 is 2.24 bits per heavy atom. The number of nitrogens with zero attached hydrogens (tertiary/aromatic N) is 1. The first kappa shape index (κ1) is 13.1. The number of carbonyl (C=O) groups excluding carboxylic acids is 1. The first-order chi connectivity index (χ1) is 8.06. The predicted octanol–water partition coefficient (Wildman–Crippen LogP) is -0.0446. The van der Waals surface area contributed by atoms with Crippen molar-refractivity contribution in [2.24, 2.45) is 0 Å². The maximum absolute atomic E-state index is 11.8. The van der Waals surface area contributed by atoms with Gasteiger partial charge >= 0.3 is 5.97 Å². The van der Waals surface area contributed by atoms with Gasteiger partial charge in [-0.2, -0.15) is 0 Å². The summed E-state index contributed by atoms with van der Waals surface area (Å²) >= 11 is 0. The molecule has 17 heavy (non-hydrogen) atoms. The molecular weight excluding hydrogens is 224 g/mol. The van der Waals surface area contributed by atoms with Crippen LogP contribution < -0.4 is 5.32 Å². The van der Waals surface area contributed by atoms with Gasteiger partial charge in [0.05, 0.1) is 5.56 Å². The van der Waals surface area contributed by atoms with Gasteiger partial charge in [-0.3, -0.25) is 9.78 Å². The van der Waals surface area contributed by atoms with Crippen molar-refractivity contribution in [3.8, 4) is 0 Å². The fraction of sp³-hybridized carbons (Fsp3) is 0.364. The quantitative estimate of drug-likeness (QED) is 0.668. The molecule has 0 aromatic carbocycles. The van der Waals surface area contributed by atoms with Crippen molar-refractivity contribution in [2.75, 3.05) is 6.61 Å². The molecule has 0 radical (unpaired) electrons. The first-order valence-corrected chi connectivity index (χ1v) is 5.12. The van der Waals surface area contributed by atoms with Crippen molar-refractivity contribution in [1.29, 1.82) is 0 Å². The monoisotopic (exact) mass is 238 g/mol. The number of aromatic nitrogens is 1. The molecule has 6 nitrogen and oxygen atoms in total. The third-order valence-electron chi connectivity index (χ3n) is 2.27. The Balaban J connectivity index is 2.77. The molecule has 1 heterocycles. The number of aliphatic hydroxyl groups excluding tert-OH is 1. The van der Waals surface area contributed by atoms with E-state index < -0.39 is 17.9 Å². The van der Waals surface area contributed by atoms with E-state index in [9.17, 15) is 9.59 Å². The Hall–Kier alpha value is -1.95. The van der Waals surface area contributed by atoms with E-state index in [-0.39, 0.29) is 13.0 Å². The van der Waals surface area contributed by atoms with Crippen LogP contribution in [0.15, 0.2) is 18.3 Å². The summed E-state index contributed by atoms with van der Waals surface area (Å²) in [4.78, 5) is 26.5. The highest BCUT2D eigenvalue weighted by atomic mass is 16.4. The molecule has 0 spiro atoms. The average Bonchev–Trinajstić information content (AvgIpc) is 2.28. The highest BCUT2D eigenvalue weighted by Crippen LogP contribution is 2.04. The molecule has 1 aromatic rings. The minimum Gasteiger partial charge on any atom is -0.480 e. The summed E-state index contributed by atoms with van der Waals surface area (Å²) in [6, 6.07) is 2.08. The summed E-state index contributed by atoms with van der Waals surface area (Å²) in [5.74, 6) is -1.68. The summed E-state index contributed by atoms with van der Waals surface area (Å²) in [5, 5.41) is 19.9. The number of rotatable bonds is 5. The smallest absolute Gasteiger partial charge is 0.326 e. The minimum absolute atomic E-state index is 0.0274. The minimum atomic E-state index is -1.17. The fourth-order valence-corrected chi connectivity index (χ4v) is 1.35. The van der Waals surface area contributed by atoms with E-state index in [1.165, 1.54) is 0 Å². The van der Waals surface area contributed by atoms with Crippen LogP contribution in [0.2, 0.25) is 0 Å². The van der Waals surface area contributed by atoms with Crippen LogP contribution in [-0.2, 0) is 4.79 Å². The van der Waals surface area contributed by atoms with E-state index in [1.54, 1.807) is 25.3 Å². The number of carboxylic acids is 1. The number of nitrogens with one attached hydrogen (secondary N) is 1. The second-order valence-corrected chi connectivity index (χ2v) is 3.51. The van der Waals surface area contributed by atoms with Gasteiger partial charge in [0.2, 0.25) is 0 Å². The Morgan fingerprint density at radius 1 is 1.53 bits per heavy atom. The normalized spacial score (nSPS) is 11.9. The molecule has 92 valence electrons. The molecule has 0 bridgehead atoms. The Morgan fingerprint density at radius 3 is 2.76 bits per heavy atom. The van der Waals surface area contributed by atoms with Gasteiger partial charge in [-0.05, 0) is 19.1 Å². The third kappa shape index (κ3) is 3.53. The molecule has 0 aliphatic heterocycles. The molecule has 0 aliphatic carbocycles. The van der Waals surface area contributed by atoms with Gasteiger partial charge in [-0.15, -0.1) is 0 Å². The lowest BCUT2D eigenvalue weighted by Crippen LogP contribution is -2.41. The van der Waals surface area contributed by atoms with Crippen molar-refractivity contribution in [2.45, 2.75) is 19.4 Å². The molecule has 0 fully saturated rings. The van der Waals surface area contributed by atoms with Gasteiger partial charge in [0.25, 0.3) is 5.91 Å². The number of aryl methyl sites for hydroxylation is 1. The molecule has 1 amide bonds. The van der Waals surface area contributed by atoms with Gasteiger partial charge in [0, 0.05) is 24.9 Å². The zero-order chi connectivity index (χ0) is 12.8. The van der Waals surface area contributed by atoms with E-state index in [2.05, 4.69) is 10.3 Å². The highest BCUT2D eigenvalue weighted by molar-refractivity contribution is 5.97. The SMILES string of the molecule is Cc1ncccc1C(=O)NC(CCO)C(=O)O. The number of pyridine rings is 1. The third-order valence-corrected chi connectivity index (χ3v) is 2.27. The summed E-state index contributed by atoms with van der Waals surface area (Å²) in [6.07, 6.45) is 1.52. The molecule has 6 heteroatoms. The number of carbonyl (C=O) groups is 2. The van der Waals surface area contributed by atoms with Crippen LogP contribution in [0.25, 0.3) is 0 Å². The Labute approximate surface area is 98.3 Å². The highest BCUT2D eigenvalue weighted by Gasteiger charge is 2.20. The van der Waals surface area contributed by atoms with Gasteiger partial charge < -0.3 is 15.5 Å². The van der Waals surface area contributed by atoms with Crippen molar-refractivity contribution >= 4 is 11.9 Å². The second-order valence-electron chi connectivity index (χ2n) is 3.51. The van der Waals surface area contributed by atoms with Crippen LogP contribution in [0.5, 0.6) is 0 Å². The number of amides is 1. The second kappa shape index (κ2) is 5.95. The molecule has 1 unspecified atom stereocenters. The largest absolute Gasteiger partial charge is 0.480 e. The van der Waals surface area contributed by atoms with E-state index in [0.29, 0.717) is 11.3 Å². The number of hydrogen-bond acceptors (Lipinski definition) is 4. The molecule has 0 saturated carbocycles. The predicted molar refractivity (Wildman–Crippen MR) is 59.6 cm³/mol. The van der Waals surface area contributed by atoms with Crippen molar-refractivity contribution < 1.29 is 19.8 Å². The molecule has 1 atom stereocenters. The van der Waals surface area contributed by atoms with Crippen molar-refractivity contribution in [1.82, 2.24) is 10.3 Å². The van der Waals surface area contributed by atoms with E-state index in [1.807, 2.05) is 0 Å². The van der Waals surface area contributed by atoms with E-state index >= 15 is 0 Å². The number of carboxylic acid groups (broad SMARTS) is 1. The molecule has 0 saturated heterocycles. The van der Waals surface area contributed by atoms with Crippen LogP contribution in [0.1, 0.15) is 22.5 Å². The lowest BCUT2D eigenvalue weighted by atomic mass is 10.1. The standard InChI is InChI=1S/C11H14N2O4/c1-7-8(3-2-5-12-7)10(15)13-9(4-6-14)11(16)17/h2-3,5,9,14H,4,6H2,1H3,(H,13,15)(H,16,17). The fourth-order valence-electron chi connectivity index (χ4n) is 1.35. The molecule has 3 N–H and O–H groups in total.